The fraction of sp³-hybridized carbons (Fsp3) is 0.611. The van der Waals surface area contributed by atoms with Gasteiger partial charge in [-0.1, -0.05) is 29.8 Å². The van der Waals surface area contributed by atoms with Crippen LogP contribution in [0, 0.1) is 5.92 Å². The average molecular weight is 338 g/mol. The molecule has 1 aliphatic heterocycles. The van der Waals surface area contributed by atoms with Crippen molar-refractivity contribution in [2.45, 2.75) is 31.1 Å². The summed E-state index contributed by atoms with van der Waals surface area (Å²) in [7, 11) is 0. The van der Waals surface area contributed by atoms with Gasteiger partial charge in [0.1, 0.15) is 0 Å². The summed E-state index contributed by atoms with van der Waals surface area (Å²) in [6.45, 7) is 3.09. The fourth-order valence-corrected chi connectivity index (χ4v) is 3.44. The second-order valence-electron chi connectivity index (χ2n) is 6.45. The Morgan fingerprint density at radius 3 is 2.74 bits per heavy atom. The van der Waals surface area contributed by atoms with E-state index in [0.29, 0.717) is 44.2 Å². The van der Waals surface area contributed by atoms with Crippen molar-refractivity contribution in [3.8, 4) is 0 Å². The molecule has 1 aromatic carbocycles. The minimum Gasteiger partial charge on any atom is -0.381 e. The highest BCUT2D eigenvalue weighted by Crippen LogP contribution is 2.38. The van der Waals surface area contributed by atoms with Crippen LogP contribution in [0.2, 0.25) is 5.02 Å². The molecule has 0 spiro atoms. The summed E-state index contributed by atoms with van der Waals surface area (Å²) in [4.78, 5) is 12.9. The van der Waals surface area contributed by atoms with E-state index in [0.717, 1.165) is 18.1 Å². The minimum absolute atomic E-state index is 0.0314. The summed E-state index contributed by atoms with van der Waals surface area (Å²) in [6.07, 6.45) is 3.88. The van der Waals surface area contributed by atoms with Gasteiger partial charge in [0.25, 0.3) is 0 Å². The van der Waals surface area contributed by atoms with Crippen LogP contribution in [-0.2, 0) is 19.7 Å². The average Bonchev–Trinajstić information content (AvgIpc) is 3.39. The topological polar surface area (TPSA) is 47.6 Å². The molecular formula is C18H24ClNO3. The number of nitrogens with one attached hydrogen (secondary N) is 1. The lowest BCUT2D eigenvalue weighted by Gasteiger charge is -2.36. The third-order valence-corrected chi connectivity index (χ3v) is 5.08. The maximum absolute atomic E-state index is 12.9. The van der Waals surface area contributed by atoms with E-state index in [1.54, 1.807) is 0 Å². The number of rotatable bonds is 7. The van der Waals surface area contributed by atoms with Crippen molar-refractivity contribution in [1.82, 2.24) is 5.32 Å². The van der Waals surface area contributed by atoms with Crippen LogP contribution in [0.1, 0.15) is 31.2 Å². The van der Waals surface area contributed by atoms with Crippen LogP contribution in [0.4, 0.5) is 0 Å². The van der Waals surface area contributed by atoms with Gasteiger partial charge in [-0.15, -0.1) is 0 Å². The largest absolute Gasteiger partial charge is 0.381 e. The molecule has 1 N–H and O–H groups in total. The van der Waals surface area contributed by atoms with E-state index in [-0.39, 0.29) is 5.91 Å². The molecule has 0 aromatic heterocycles. The molecule has 2 fully saturated rings. The number of carbonyl (C=O) groups excluding carboxylic acids is 1. The highest BCUT2D eigenvalue weighted by atomic mass is 35.5. The van der Waals surface area contributed by atoms with Crippen LogP contribution in [-0.4, -0.2) is 38.9 Å². The first-order valence-electron chi connectivity index (χ1n) is 8.41. The Hall–Kier alpha value is -1.10. The SMILES string of the molecule is O=C(NCCOCC1CC1)C1(c2ccccc2Cl)CCOCC1. The molecule has 1 amide bonds. The van der Waals surface area contributed by atoms with Gasteiger partial charge in [-0.25, -0.2) is 0 Å². The summed E-state index contributed by atoms with van der Waals surface area (Å²) in [5, 5.41) is 3.68. The van der Waals surface area contributed by atoms with E-state index >= 15 is 0 Å². The molecule has 0 bridgehead atoms. The first-order valence-corrected chi connectivity index (χ1v) is 8.79. The third kappa shape index (κ3) is 4.06. The summed E-state index contributed by atoms with van der Waals surface area (Å²) < 4.78 is 11.1. The zero-order chi connectivity index (χ0) is 16.1. The molecule has 23 heavy (non-hydrogen) atoms. The predicted octanol–water partition coefficient (Wildman–Crippen LogP) is 2.93. The number of hydrogen-bond donors (Lipinski definition) is 1. The Kier molecular flexibility index (Phi) is 5.57. The number of hydrogen-bond acceptors (Lipinski definition) is 3. The number of carbonyl (C=O) groups is 1. The summed E-state index contributed by atoms with van der Waals surface area (Å²) in [5.74, 6) is 0.777. The Morgan fingerprint density at radius 1 is 1.30 bits per heavy atom. The first kappa shape index (κ1) is 16.7. The van der Waals surface area contributed by atoms with Crippen LogP contribution >= 0.6 is 11.6 Å². The minimum atomic E-state index is -0.590. The van der Waals surface area contributed by atoms with Crippen LogP contribution in [0.3, 0.4) is 0 Å². The van der Waals surface area contributed by atoms with E-state index in [2.05, 4.69) is 5.32 Å². The van der Waals surface area contributed by atoms with E-state index in [1.807, 2.05) is 24.3 Å². The Morgan fingerprint density at radius 2 is 2.04 bits per heavy atom. The van der Waals surface area contributed by atoms with Crippen LogP contribution < -0.4 is 5.32 Å². The van der Waals surface area contributed by atoms with Gasteiger partial charge in [0, 0.05) is 31.4 Å². The van der Waals surface area contributed by atoms with Gasteiger partial charge in [0.15, 0.2) is 0 Å². The lowest BCUT2D eigenvalue weighted by molar-refractivity contribution is -0.130. The molecular weight excluding hydrogens is 314 g/mol. The Balaban J connectivity index is 1.63. The number of amides is 1. The lowest BCUT2D eigenvalue weighted by Crippen LogP contribution is -2.49. The zero-order valence-electron chi connectivity index (χ0n) is 13.4. The molecule has 5 heteroatoms. The van der Waals surface area contributed by atoms with Gasteiger partial charge in [-0.05, 0) is 43.2 Å². The lowest BCUT2D eigenvalue weighted by atomic mass is 9.73. The van der Waals surface area contributed by atoms with Gasteiger partial charge in [0.2, 0.25) is 5.91 Å². The van der Waals surface area contributed by atoms with Gasteiger partial charge >= 0.3 is 0 Å². The van der Waals surface area contributed by atoms with Crippen molar-refractivity contribution < 1.29 is 14.3 Å². The molecule has 0 unspecified atom stereocenters. The molecule has 1 aromatic rings. The third-order valence-electron chi connectivity index (χ3n) is 4.75. The highest BCUT2D eigenvalue weighted by molar-refractivity contribution is 6.31. The van der Waals surface area contributed by atoms with Crippen LogP contribution in [0.25, 0.3) is 0 Å². The maximum Gasteiger partial charge on any atom is 0.230 e. The van der Waals surface area contributed by atoms with Gasteiger partial charge in [0.05, 0.1) is 12.0 Å². The highest BCUT2D eigenvalue weighted by Gasteiger charge is 2.42. The van der Waals surface area contributed by atoms with Crippen LogP contribution in [0.5, 0.6) is 0 Å². The quantitative estimate of drug-likeness (QED) is 0.778. The van der Waals surface area contributed by atoms with E-state index in [1.165, 1.54) is 12.8 Å². The van der Waals surface area contributed by atoms with E-state index < -0.39 is 5.41 Å². The molecule has 0 atom stereocenters. The molecule has 1 saturated heterocycles. The number of ether oxygens (including phenoxy) is 2. The predicted molar refractivity (Wildman–Crippen MR) is 89.7 cm³/mol. The molecule has 4 nitrogen and oxygen atoms in total. The van der Waals surface area contributed by atoms with Crippen molar-refractivity contribution in [2.24, 2.45) is 5.92 Å². The Labute approximate surface area is 142 Å². The molecule has 126 valence electrons. The molecule has 3 rings (SSSR count). The molecule has 1 saturated carbocycles. The smallest absolute Gasteiger partial charge is 0.230 e. The first-order chi connectivity index (χ1) is 11.2. The summed E-state index contributed by atoms with van der Waals surface area (Å²) >= 11 is 6.37. The van der Waals surface area contributed by atoms with Crippen molar-refractivity contribution in [3.63, 3.8) is 0 Å². The van der Waals surface area contributed by atoms with Crippen molar-refractivity contribution >= 4 is 17.5 Å². The monoisotopic (exact) mass is 337 g/mol. The number of benzene rings is 1. The van der Waals surface area contributed by atoms with Crippen molar-refractivity contribution in [1.29, 1.82) is 0 Å². The van der Waals surface area contributed by atoms with Gasteiger partial charge in [-0.3, -0.25) is 4.79 Å². The van der Waals surface area contributed by atoms with E-state index in [9.17, 15) is 4.79 Å². The standard InChI is InChI=1S/C18H24ClNO3/c19-16-4-2-1-3-15(16)18(7-10-22-11-8-18)17(21)20-9-12-23-13-14-5-6-14/h1-4,14H,5-13H2,(H,20,21). The van der Waals surface area contributed by atoms with Gasteiger partial charge in [-0.2, -0.15) is 0 Å². The van der Waals surface area contributed by atoms with Crippen molar-refractivity contribution in [2.75, 3.05) is 33.0 Å². The molecule has 1 heterocycles. The molecule has 1 aliphatic carbocycles. The van der Waals surface area contributed by atoms with Gasteiger partial charge < -0.3 is 14.8 Å². The molecule has 0 radical (unpaired) electrons. The van der Waals surface area contributed by atoms with Crippen molar-refractivity contribution in [3.05, 3.63) is 34.9 Å². The maximum atomic E-state index is 12.9. The fourth-order valence-electron chi connectivity index (χ4n) is 3.13. The van der Waals surface area contributed by atoms with E-state index in [4.69, 9.17) is 21.1 Å². The number of halogens is 1. The zero-order valence-corrected chi connectivity index (χ0v) is 14.1. The van der Waals surface area contributed by atoms with Crippen LogP contribution in [0.15, 0.2) is 24.3 Å². The second-order valence-corrected chi connectivity index (χ2v) is 6.86. The molecule has 2 aliphatic rings. The normalized spacial score (nSPS) is 20.2. The summed E-state index contributed by atoms with van der Waals surface area (Å²) in [6, 6.07) is 7.63. The second kappa shape index (κ2) is 7.65. The summed E-state index contributed by atoms with van der Waals surface area (Å²) in [5.41, 5.74) is 0.314. The Bertz CT molecular complexity index is 539.